The average molecular weight is 407 g/mol. The maximum atomic E-state index is 13.9. The topological polar surface area (TPSA) is 70.2 Å². The van der Waals surface area contributed by atoms with Crippen molar-refractivity contribution in [3.05, 3.63) is 65.5 Å². The molecule has 3 aliphatic carbocycles. The van der Waals surface area contributed by atoms with Gasteiger partial charge in [-0.3, -0.25) is 9.59 Å². The Labute approximate surface area is 175 Å². The van der Waals surface area contributed by atoms with E-state index in [1.807, 2.05) is 24.3 Å². The lowest BCUT2D eigenvalue weighted by Gasteiger charge is -2.60. The van der Waals surface area contributed by atoms with Crippen LogP contribution in [0.25, 0.3) is 0 Å². The van der Waals surface area contributed by atoms with Crippen molar-refractivity contribution < 1.29 is 14.0 Å². The minimum absolute atomic E-state index is 0.0251. The molecule has 2 bridgehead atoms. The molecule has 3 saturated carbocycles. The van der Waals surface area contributed by atoms with Crippen LogP contribution in [0.3, 0.4) is 0 Å². The number of carbonyl (C=O) groups excluding carboxylic acids is 2. The first-order chi connectivity index (χ1) is 14.4. The van der Waals surface area contributed by atoms with E-state index in [2.05, 4.69) is 22.9 Å². The summed E-state index contributed by atoms with van der Waals surface area (Å²) in [4.78, 5) is 25.9. The molecule has 2 aromatic carbocycles. The normalized spacial score (nSPS) is 31.6. The number of rotatable bonds is 3. The first kappa shape index (κ1) is 19.1. The van der Waals surface area contributed by atoms with Crippen LogP contribution >= 0.6 is 0 Å². The van der Waals surface area contributed by atoms with Gasteiger partial charge in [0.05, 0.1) is 5.56 Å². The number of hydrogen-bond acceptors (Lipinski definition) is 3. The Morgan fingerprint density at radius 3 is 2.73 bits per heavy atom. The van der Waals surface area contributed by atoms with E-state index < -0.39 is 5.66 Å². The summed E-state index contributed by atoms with van der Waals surface area (Å²) in [5.41, 5.74) is 1.26. The fourth-order valence-corrected chi connectivity index (χ4v) is 5.80. The van der Waals surface area contributed by atoms with Crippen LogP contribution in [0.1, 0.15) is 48.5 Å². The fraction of sp³-hybridized carbons (Fsp3) is 0.417. The zero-order valence-corrected chi connectivity index (χ0v) is 17.0. The molecule has 1 aliphatic heterocycles. The number of carbonyl (C=O) groups is 2. The minimum atomic E-state index is -0.513. The SMILES string of the molecule is C[C@@]12CC[C@@H](C[C@@H]1C(=O)NCc1ccccc1F)[C@]1(C2)NC(=O)c2ccccc2N1. The molecule has 2 aromatic rings. The molecule has 0 saturated heterocycles. The molecular weight excluding hydrogens is 381 g/mol. The summed E-state index contributed by atoms with van der Waals surface area (Å²) >= 11 is 0. The molecule has 1 heterocycles. The van der Waals surface area contributed by atoms with Gasteiger partial charge in [0.2, 0.25) is 5.91 Å². The standard InChI is InChI=1S/C24H26FN3O2/c1-23-11-10-16(12-18(23)22(30)26-13-15-6-2-4-8-19(15)25)24(14-23)27-20-9-5-3-7-17(20)21(29)28-24/h2-9,16,18,27H,10-14H2,1H3,(H,26,30)(H,28,29)/t16-,18+,23-,24-/m0/s1. The van der Waals surface area contributed by atoms with Crippen molar-refractivity contribution in [1.29, 1.82) is 0 Å². The molecule has 6 rings (SSSR count). The molecule has 0 aromatic heterocycles. The van der Waals surface area contributed by atoms with Crippen molar-refractivity contribution in [3.8, 4) is 0 Å². The highest BCUT2D eigenvalue weighted by molar-refractivity contribution is 6.02. The van der Waals surface area contributed by atoms with Gasteiger partial charge in [-0.1, -0.05) is 37.3 Å². The summed E-state index contributed by atoms with van der Waals surface area (Å²) in [5.74, 6) is -0.366. The van der Waals surface area contributed by atoms with Gasteiger partial charge in [0.15, 0.2) is 0 Å². The number of anilines is 1. The molecule has 4 atom stereocenters. The van der Waals surface area contributed by atoms with Crippen LogP contribution in [0.4, 0.5) is 10.1 Å². The van der Waals surface area contributed by atoms with Crippen LogP contribution in [0.2, 0.25) is 0 Å². The smallest absolute Gasteiger partial charge is 0.255 e. The molecule has 3 N–H and O–H groups in total. The molecular formula is C24H26FN3O2. The Kier molecular flexibility index (Phi) is 4.34. The van der Waals surface area contributed by atoms with E-state index in [4.69, 9.17) is 0 Å². The zero-order valence-electron chi connectivity index (χ0n) is 17.0. The van der Waals surface area contributed by atoms with Gasteiger partial charge in [-0.05, 0) is 49.3 Å². The first-order valence-corrected chi connectivity index (χ1v) is 10.6. The number of nitrogens with one attached hydrogen (secondary N) is 3. The largest absolute Gasteiger partial charge is 0.362 e. The predicted molar refractivity (Wildman–Crippen MR) is 112 cm³/mol. The lowest BCUT2D eigenvalue weighted by Crippen LogP contribution is -2.70. The molecule has 0 unspecified atom stereocenters. The van der Waals surface area contributed by atoms with Crippen molar-refractivity contribution in [1.82, 2.24) is 10.6 Å². The third kappa shape index (κ3) is 2.97. The Morgan fingerprint density at radius 2 is 1.93 bits per heavy atom. The summed E-state index contributed by atoms with van der Waals surface area (Å²) in [5, 5.41) is 9.80. The highest BCUT2D eigenvalue weighted by Crippen LogP contribution is 2.58. The van der Waals surface area contributed by atoms with Gasteiger partial charge >= 0.3 is 0 Å². The van der Waals surface area contributed by atoms with Crippen molar-refractivity contribution >= 4 is 17.5 Å². The molecule has 4 aliphatic rings. The maximum Gasteiger partial charge on any atom is 0.255 e. The van der Waals surface area contributed by atoms with E-state index in [1.165, 1.54) is 6.07 Å². The lowest BCUT2D eigenvalue weighted by atomic mass is 9.51. The van der Waals surface area contributed by atoms with Crippen molar-refractivity contribution in [3.63, 3.8) is 0 Å². The minimum Gasteiger partial charge on any atom is -0.362 e. The van der Waals surface area contributed by atoms with Gasteiger partial charge in [-0.25, -0.2) is 4.39 Å². The van der Waals surface area contributed by atoms with E-state index in [9.17, 15) is 14.0 Å². The first-order valence-electron chi connectivity index (χ1n) is 10.6. The summed E-state index contributed by atoms with van der Waals surface area (Å²) < 4.78 is 13.9. The van der Waals surface area contributed by atoms with Crippen LogP contribution in [0.5, 0.6) is 0 Å². The van der Waals surface area contributed by atoms with Crippen molar-refractivity contribution in [2.75, 3.05) is 5.32 Å². The Bertz CT molecular complexity index is 1030. The molecule has 156 valence electrons. The van der Waals surface area contributed by atoms with E-state index in [-0.39, 0.29) is 41.4 Å². The summed E-state index contributed by atoms with van der Waals surface area (Å²) in [6.45, 7) is 2.34. The Morgan fingerprint density at radius 1 is 1.17 bits per heavy atom. The quantitative estimate of drug-likeness (QED) is 0.724. The van der Waals surface area contributed by atoms with Gasteiger partial charge in [-0.2, -0.15) is 0 Å². The molecule has 5 nitrogen and oxygen atoms in total. The van der Waals surface area contributed by atoms with Crippen LogP contribution in [0.15, 0.2) is 48.5 Å². The maximum absolute atomic E-state index is 13.9. The van der Waals surface area contributed by atoms with Gasteiger partial charge in [0.25, 0.3) is 5.91 Å². The zero-order chi connectivity index (χ0) is 20.9. The van der Waals surface area contributed by atoms with E-state index in [1.54, 1.807) is 18.2 Å². The number of hydrogen-bond donors (Lipinski definition) is 3. The fourth-order valence-electron chi connectivity index (χ4n) is 5.80. The molecule has 1 spiro atoms. The van der Waals surface area contributed by atoms with Gasteiger partial charge < -0.3 is 16.0 Å². The predicted octanol–water partition coefficient (Wildman–Crippen LogP) is 3.82. The van der Waals surface area contributed by atoms with E-state index >= 15 is 0 Å². The van der Waals surface area contributed by atoms with Crippen molar-refractivity contribution in [2.45, 2.75) is 44.8 Å². The lowest BCUT2D eigenvalue weighted by molar-refractivity contribution is -0.139. The number of amides is 2. The molecule has 30 heavy (non-hydrogen) atoms. The summed E-state index contributed by atoms with van der Waals surface area (Å²) in [7, 11) is 0. The van der Waals surface area contributed by atoms with Gasteiger partial charge in [-0.15, -0.1) is 0 Å². The van der Waals surface area contributed by atoms with Crippen molar-refractivity contribution in [2.24, 2.45) is 17.3 Å². The van der Waals surface area contributed by atoms with Gasteiger partial charge in [0.1, 0.15) is 11.5 Å². The third-order valence-electron chi connectivity index (χ3n) is 7.40. The number of fused-ring (bicyclic) bond motifs is 3. The number of benzene rings is 2. The third-order valence-corrected chi connectivity index (χ3v) is 7.40. The molecule has 3 fully saturated rings. The van der Waals surface area contributed by atoms with Crippen LogP contribution in [-0.4, -0.2) is 17.5 Å². The molecule has 2 amide bonds. The van der Waals surface area contributed by atoms with E-state index in [0.29, 0.717) is 24.0 Å². The summed E-state index contributed by atoms with van der Waals surface area (Å²) in [6, 6.07) is 14.1. The number of halogens is 1. The van der Waals surface area contributed by atoms with Crippen LogP contribution in [0, 0.1) is 23.1 Å². The average Bonchev–Trinajstić information content (AvgIpc) is 2.72. The summed E-state index contributed by atoms with van der Waals surface area (Å²) in [6.07, 6.45) is 3.30. The second kappa shape index (κ2) is 6.83. The van der Waals surface area contributed by atoms with E-state index in [0.717, 1.165) is 18.5 Å². The molecule has 0 radical (unpaired) electrons. The Balaban J connectivity index is 1.35. The van der Waals surface area contributed by atoms with Crippen LogP contribution < -0.4 is 16.0 Å². The highest BCUT2D eigenvalue weighted by atomic mass is 19.1. The van der Waals surface area contributed by atoms with Gasteiger partial charge in [0, 0.05) is 29.6 Å². The molecule has 6 heteroatoms. The second-order valence-electron chi connectivity index (χ2n) is 9.26. The number of para-hydroxylation sites is 1. The monoisotopic (exact) mass is 407 g/mol. The second-order valence-corrected chi connectivity index (χ2v) is 9.26. The highest BCUT2D eigenvalue weighted by Gasteiger charge is 2.60. The van der Waals surface area contributed by atoms with Crippen LogP contribution in [-0.2, 0) is 11.3 Å². The Hall–Kier alpha value is -2.89.